The van der Waals surface area contributed by atoms with E-state index in [2.05, 4.69) is 21.2 Å². The van der Waals surface area contributed by atoms with Gasteiger partial charge in [0, 0.05) is 28.2 Å². The number of ketones is 1. The highest BCUT2D eigenvalue weighted by molar-refractivity contribution is 9.10. The van der Waals surface area contributed by atoms with Gasteiger partial charge in [0.15, 0.2) is 5.78 Å². The maximum Gasteiger partial charge on any atom is 0.221 e. The van der Waals surface area contributed by atoms with Crippen molar-refractivity contribution in [3.63, 3.8) is 0 Å². The molecule has 96 valence electrons. The molecule has 0 aliphatic rings. The molecule has 2 aromatic rings. The zero-order chi connectivity index (χ0) is 13.8. The molecule has 0 saturated heterocycles. The Morgan fingerprint density at radius 3 is 2.21 bits per heavy atom. The lowest BCUT2D eigenvalue weighted by molar-refractivity contribution is -0.114. The number of hydrogen-bond donors (Lipinski definition) is 1. The first kappa shape index (κ1) is 13.5. The Balaban J connectivity index is 2.25. The highest BCUT2D eigenvalue weighted by Crippen LogP contribution is 2.20. The first-order chi connectivity index (χ1) is 9.08. The number of benzene rings is 2. The quantitative estimate of drug-likeness (QED) is 0.878. The first-order valence-electron chi connectivity index (χ1n) is 5.75. The van der Waals surface area contributed by atoms with Crippen LogP contribution in [-0.2, 0) is 4.79 Å². The van der Waals surface area contributed by atoms with Crippen LogP contribution in [0.15, 0.2) is 53.0 Å². The van der Waals surface area contributed by atoms with Gasteiger partial charge in [-0.2, -0.15) is 0 Å². The lowest BCUT2D eigenvalue weighted by Crippen LogP contribution is -2.06. The molecule has 0 aliphatic carbocycles. The number of carbonyl (C=O) groups excluding carboxylic acids is 2. The summed E-state index contributed by atoms with van der Waals surface area (Å²) in [5, 5.41) is 2.66. The molecular formula is C15H12BrNO2. The number of halogens is 1. The van der Waals surface area contributed by atoms with Crippen LogP contribution in [0.25, 0.3) is 0 Å². The molecule has 0 radical (unpaired) electrons. The molecule has 19 heavy (non-hydrogen) atoms. The van der Waals surface area contributed by atoms with Gasteiger partial charge >= 0.3 is 0 Å². The zero-order valence-electron chi connectivity index (χ0n) is 10.3. The summed E-state index contributed by atoms with van der Waals surface area (Å²) in [7, 11) is 0. The van der Waals surface area contributed by atoms with Crippen molar-refractivity contribution >= 4 is 33.3 Å². The van der Waals surface area contributed by atoms with E-state index < -0.39 is 0 Å². The van der Waals surface area contributed by atoms with E-state index in [4.69, 9.17) is 0 Å². The van der Waals surface area contributed by atoms with Gasteiger partial charge in [0.2, 0.25) is 5.91 Å². The third-order valence-electron chi connectivity index (χ3n) is 2.59. The van der Waals surface area contributed by atoms with Crippen LogP contribution in [0.5, 0.6) is 0 Å². The maximum atomic E-state index is 12.3. The van der Waals surface area contributed by atoms with Crippen LogP contribution in [0.4, 0.5) is 5.69 Å². The second kappa shape index (κ2) is 5.80. The van der Waals surface area contributed by atoms with Crippen molar-refractivity contribution in [2.24, 2.45) is 0 Å². The molecule has 0 heterocycles. The van der Waals surface area contributed by atoms with Crippen LogP contribution < -0.4 is 5.32 Å². The first-order valence-corrected chi connectivity index (χ1v) is 6.54. The standard InChI is InChI=1S/C15H12BrNO2/c1-10(18)17-12-8-6-11(7-9-12)15(19)13-4-2-3-5-14(13)16/h2-9H,1H3,(H,17,18). The molecule has 0 aromatic heterocycles. The largest absolute Gasteiger partial charge is 0.326 e. The molecular weight excluding hydrogens is 306 g/mol. The van der Waals surface area contributed by atoms with Crippen molar-refractivity contribution in [3.8, 4) is 0 Å². The number of nitrogens with one attached hydrogen (secondary N) is 1. The van der Waals surface area contributed by atoms with Crippen LogP contribution in [-0.4, -0.2) is 11.7 Å². The van der Waals surface area contributed by atoms with Crippen molar-refractivity contribution in [1.29, 1.82) is 0 Å². The number of rotatable bonds is 3. The van der Waals surface area contributed by atoms with Gasteiger partial charge in [-0.05, 0) is 36.4 Å². The van der Waals surface area contributed by atoms with E-state index in [-0.39, 0.29) is 11.7 Å². The molecule has 0 aliphatic heterocycles. The molecule has 0 spiro atoms. The average molecular weight is 318 g/mol. The van der Waals surface area contributed by atoms with Crippen LogP contribution in [0.2, 0.25) is 0 Å². The smallest absolute Gasteiger partial charge is 0.221 e. The molecule has 2 rings (SSSR count). The molecule has 2 aromatic carbocycles. The minimum Gasteiger partial charge on any atom is -0.326 e. The van der Waals surface area contributed by atoms with Gasteiger partial charge < -0.3 is 5.32 Å². The normalized spacial score (nSPS) is 10.0. The lowest BCUT2D eigenvalue weighted by Gasteiger charge is -2.05. The van der Waals surface area contributed by atoms with Gasteiger partial charge in [-0.3, -0.25) is 9.59 Å². The Bertz CT molecular complexity index is 620. The predicted molar refractivity (Wildman–Crippen MR) is 78.3 cm³/mol. The molecule has 1 N–H and O–H groups in total. The van der Waals surface area contributed by atoms with Gasteiger partial charge in [-0.1, -0.05) is 28.1 Å². The fourth-order valence-electron chi connectivity index (χ4n) is 1.71. The van der Waals surface area contributed by atoms with Gasteiger partial charge in [0.25, 0.3) is 0 Å². The van der Waals surface area contributed by atoms with Gasteiger partial charge in [-0.25, -0.2) is 0 Å². The Hall–Kier alpha value is -1.94. The summed E-state index contributed by atoms with van der Waals surface area (Å²) < 4.78 is 0.769. The summed E-state index contributed by atoms with van der Waals surface area (Å²) in [6.45, 7) is 1.44. The fourth-order valence-corrected chi connectivity index (χ4v) is 2.17. The van der Waals surface area contributed by atoms with E-state index in [9.17, 15) is 9.59 Å². The maximum absolute atomic E-state index is 12.3. The van der Waals surface area contributed by atoms with Gasteiger partial charge in [-0.15, -0.1) is 0 Å². The van der Waals surface area contributed by atoms with E-state index in [0.29, 0.717) is 16.8 Å². The van der Waals surface area contributed by atoms with E-state index in [0.717, 1.165) is 4.47 Å². The second-order valence-corrected chi connectivity index (χ2v) is 4.92. The van der Waals surface area contributed by atoms with Crippen LogP contribution in [0, 0.1) is 0 Å². The lowest BCUT2D eigenvalue weighted by atomic mass is 10.0. The number of carbonyl (C=O) groups is 2. The Morgan fingerprint density at radius 2 is 1.63 bits per heavy atom. The number of amides is 1. The predicted octanol–water partition coefficient (Wildman–Crippen LogP) is 3.64. The number of anilines is 1. The third-order valence-corrected chi connectivity index (χ3v) is 3.28. The topological polar surface area (TPSA) is 46.2 Å². The van der Waals surface area contributed by atoms with Crippen molar-refractivity contribution < 1.29 is 9.59 Å². The Morgan fingerprint density at radius 1 is 1.00 bits per heavy atom. The Labute approximate surface area is 119 Å². The summed E-state index contributed by atoms with van der Waals surface area (Å²) in [6, 6.07) is 14.1. The molecule has 4 heteroatoms. The molecule has 0 bridgehead atoms. The molecule has 0 atom stereocenters. The minimum atomic E-state index is -0.134. The van der Waals surface area contributed by atoms with E-state index in [1.807, 2.05) is 18.2 Å². The summed E-state index contributed by atoms with van der Waals surface area (Å²) in [5.41, 5.74) is 1.88. The van der Waals surface area contributed by atoms with Crippen LogP contribution in [0.3, 0.4) is 0 Å². The monoisotopic (exact) mass is 317 g/mol. The third kappa shape index (κ3) is 3.29. The number of hydrogen-bond acceptors (Lipinski definition) is 2. The molecule has 0 fully saturated rings. The zero-order valence-corrected chi connectivity index (χ0v) is 11.9. The minimum absolute atomic E-state index is 0.0538. The molecule has 0 unspecified atom stereocenters. The highest BCUT2D eigenvalue weighted by Gasteiger charge is 2.11. The van der Waals surface area contributed by atoms with Crippen molar-refractivity contribution in [2.75, 3.05) is 5.32 Å². The SMILES string of the molecule is CC(=O)Nc1ccc(C(=O)c2ccccc2Br)cc1. The summed E-state index contributed by atoms with van der Waals surface area (Å²) in [6.07, 6.45) is 0. The summed E-state index contributed by atoms with van der Waals surface area (Å²) in [4.78, 5) is 23.2. The van der Waals surface area contributed by atoms with Crippen molar-refractivity contribution in [1.82, 2.24) is 0 Å². The Kier molecular flexibility index (Phi) is 4.12. The molecule has 3 nitrogen and oxygen atoms in total. The van der Waals surface area contributed by atoms with E-state index in [1.165, 1.54) is 6.92 Å². The second-order valence-electron chi connectivity index (χ2n) is 4.07. The molecule has 0 saturated carbocycles. The van der Waals surface area contributed by atoms with Crippen molar-refractivity contribution in [3.05, 3.63) is 64.1 Å². The van der Waals surface area contributed by atoms with Crippen LogP contribution in [0.1, 0.15) is 22.8 Å². The summed E-state index contributed by atoms with van der Waals surface area (Å²) in [5.74, 6) is -0.188. The average Bonchev–Trinajstić information content (AvgIpc) is 2.39. The fraction of sp³-hybridized carbons (Fsp3) is 0.0667. The highest BCUT2D eigenvalue weighted by atomic mass is 79.9. The van der Waals surface area contributed by atoms with Crippen molar-refractivity contribution in [2.45, 2.75) is 6.92 Å². The van der Waals surface area contributed by atoms with Crippen LogP contribution >= 0.6 is 15.9 Å². The van der Waals surface area contributed by atoms with E-state index in [1.54, 1.807) is 30.3 Å². The van der Waals surface area contributed by atoms with Gasteiger partial charge in [0.1, 0.15) is 0 Å². The van der Waals surface area contributed by atoms with E-state index >= 15 is 0 Å². The van der Waals surface area contributed by atoms with Gasteiger partial charge in [0.05, 0.1) is 0 Å². The molecule has 1 amide bonds. The summed E-state index contributed by atoms with van der Waals surface area (Å²) >= 11 is 3.36.